The number of carbonyl (C=O) groups is 1. The largest absolute Gasteiger partial charge is 0.480 e. The number of ether oxygens (including phenoxy) is 1. The number of thiazole rings is 1. The Morgan fingerprint density at radius 2 is 1.79 bits per heavy atom. The lowest BCUT2D eigenvalue weighted by Crippen LogP contribution is -2.32. The Labute approximate surface area is 199 Å². The first-order chi connectivity index (χ1) is 16.0. The van der Waals surface area contributed by atoms with Crippen LogP contribution in [0.1, 0.15) is 50.7 Å². The zero-order valence-electron chi connectivity index (χ0n) is 19.6. The van der Waals surface area contributed by atoms with Crippen molar-refractivity contribution in [2.45, 2.75) is 52.6 Å². The highest BCUT2D eigenvalue weighted by atomic mass is 32.1. The number of rotatable bonds is 8. The van der Waals surface area contributed by atoms with Crippen molar-refractivity contribution < 1.29 is 9.53 Å². The van der Waals surface area contributed by atoms with Crippen LogP contribution < -0.4 is 10.1 Å². The van der Waals surface area contributed by atoms with Gasteiger partial charge in [0.05, 0.1) is 10.2 Å². The fourth-order valence-electron chi connectivity index (χ4n) is 3.76. The van der Waals surface area contributed by atoms with Crippen LogP contribution in [0.15, 0.2) is 66.7 Å². The molecule has 0 aliphatic rings. The molecule has 0 bridgehead atoms. The van der Waals surface area contributed by atoms with Crippen LogP contribution in [0.4, 0.5) is 5.69 Å². The Balaban J connectivity index is 1.46. The highest BCUT2D eigenvalue weighted by Crippen LogP contribution is 2.32. The summed E-state index contributed by atoms with van der Waals surface area (Å²) < 4.78 is 7.35. The molecule has 0 aliphatic heterocycles. The zero-order valence-corrected chi connectivity index (χ0v) is 20.4. The third-order valence-corrected chi connectivity index (χ3v) is 7.01. The van der Waals surface area contributed by atoms with Gasteiger partial charge in [0.25, 0.3) is 5.91 Å². The van der Waals surface area contributed by atoms with Gasteiger partial charge in [0.15, 0.2) is 6.10 Å². The molecule has 4 rings (SSSR count). The minimum absolute atomic E-state index is 0.139. The molecule has 4 nitrogen and oxygen atoms in total. The number of amides is 1. The number of anilines is 1. The Kier molecular flexibility index (Phi) is 7.09. The predicted octanol–water partition coefficient (Wildman–Crippen LogP) is 7.58. The van der Waals surface area contributed by atoms with Crippen LogP contribution in [-0.2, 0) is 4.79 Å². The molecule has 0 saturated carbocycles. The number of hydrogen-bond acceptors (Lipinski definition) is 4. The molecule has 0 radical (unpaired) electrons. The molecule has 2 unspecified atom stereocenters. The van der Waals surface area contributed by atoms with Gasteiger partial charge in [-0.2, -0.15) is 0 Å². The number of nitrogens with one attached hydrogen (secondary N) is 1. The molecule has 3 aromatic carbocycles. The SMILES string of the molecule is CCC(Oc1ccccc1C(C)CC)C(=O)Nc1ccc(-c2nc3ccc(C)cc3s2)cc1. The van der Waals surface area contributed by atoms with Crippen LogP contribution >= 0.6 is 11.3 Å². The van der Waals surface area contributed by atoms with E-state index < -0.39 is 6.10 Å². The number of para-hydroxylation sites is 1. The van der Waals surface area contributed by atoms with Crippen LogP contribution in [0.5, 0.6) is 5.75 Å². The van der Waals surface area contributed by atoms with E-state index in [9.17, 15) is 4.79 Å². The number of fused-ring (bicyclic) bond motifs is 1. The second kappa shape index (κ2) is 10.2. The molecule has 5 heteroatoms. The molecule has 1 N–H and O–H groups in total. The highest BCUT2D eigenvalue weighted by molar-refractivity contribution is 7.21. The first-order valence-corrected chi connectivity index (χ1v) is 12.3. The minimum atomic E-state index is -0.553. The van der Waals surface area contributed by atoms with E-state index in [4.69, 9.17) is 9.72 Å². The third-order valence-electron chi connectivity index (χ3n) is 5.94. The molecule has 0 fully saturated rings. The molecule has 1 heterocycles. The van der Waals surface area contributed by atoms with Crippen LogP contribution in [0, 0.1) is 6.92 Å². The summed E-state index contributed by atoms with van der Waals surface area (Å²) in [4.78, 5) is 17.7. The standard InChI is InChI=1S/C28H30N2O2S/c1-5-19(4)22-9-7-8-10-25(22)32-24(6-2)27(31)29-21-14-12-20(13-15-21)28-30-23-16-11-18(3)17-26(23)33-28/h7-17,19,24H,5-6H2,1-4H3,(H,29,31). The number of hydrogen-bond donors (Lipinski definition) is 1. The second-order valence-electron chi connectivity index (χ2n) is 8.42. The Hall–Kier alpha value is -3.18. The first kappa shape index (κ1) is 23.0. The molecular formula is C28H30N2O2S. The average molecular weight is 459 g/mol. The van der Waals surface area contributed by atoms with Crippen LogP contribution in [0.2, 0.25) is 0 Å². The highest BCUT2D eigenvalue weighted by Gasteiger charge is 2.21. The van der Waals surface area contributed by atoms with Crippen LogP contribution in [-0.4, -0.2) is 17.0 Å². The van der Waals surface area contributed by atoms with Gasteiger partial charge >= 0.3 is 0 Å². The quantitative estimate of drug-likeness (QED) is 0.296. The fourth-order valence-corrected chi connectivity index (χ4v) is 4.83. The van der Waals surface area contributed by atoms with Crippen molar-refractivity contribution in [3.8, 4) is 16.3 Å². The number of aryl methyl sites for hydroxylation is 1. The molecule has 1 aromatic heterocycles. The van der Waals surface area contributed by atoms with E-state index in [2.05, 4.69) is 50.4 Å². The maximum absolute atomic E-state index is 13.0. The molecule has 0 spiro atoms. The Morgan fingerprint density at radius 1 is 1.03 bits per heavy atom. The van der Waals surface area contributed by atoms with Crippen LogP contribution in [0.3, 0.4) is 0 Å². The van der Waals surface area contributed by atoms with Gasteiger partial charge < -0.3 is 10.1 Å². The normalized spacial score (nSPS) is 13.0. The molecule has 170 valence electrons. The van der Waals surface area contributed by atoms with Crippen molar-refractivity contribution in [2.75, 3.05) is 5.32 Å². The smallest absolute Gasteiger partial charge is 0.265 e. The van der Waals surface area contributed by atoms with Gasteiger partial charge in [-0.1, -0.05) is 45.0 Å². The molecule has 0 aliphatic carbocycles. The fraction of sp³-hybridized carbons (Fsp3) is 0.286. The molecular weight excluding hydrogens is 428 g/mol. The lowest BCUT2D eigenvalue weighted by atomic mass is 9.98. The van der Waals surface area contributed by atoms with Crippen molar-refractivity contribution in [3.63, 3.8) is 0 Å². The number of aromatic nitrogens is 1. The molecule has 4 aromatic rings. The third kappa shape index (κ3) is 5.25. The minimum Gasteiger partial charge on any atom is -0.480 e. The van der Waals surface area contributed by atoms with E-state index in [0.29, 0.717) is 12.3 Å². The predicted molar refractivity (Wildman–Crippen MR) is 138 cm³/mol. The van der Waals surface area contributed by atoms with E-state index >= 15 is 0 Å². The maximum atomic E-state index is 13.0. The summed E-state index contributed by atoms with van der Waals surface area (Å²) in [6.45, 7) is 8.39. The van der Waals surface area contributed by atoms with Crippen molar-refractivity contribution in [3.05, 3.63) is 77.9 Å². The van der Waals surface area contributed by atoms with Gasteiger partial charge in [-0.25, -0.2) is 4.98 Å². The van der Waals surface area contributed by atoms with Gasteiger partial charge in [0.1, 0.15) is 10.8 Å². The average Bonchev–Trinajstić information content (AvgIpc) is 3.25. The van der Waals surface area contributed by atoms with Gasteiger partial charge in [0, 0.05) is 11.3 Å². The van der Waals surface area contributed by atoms with E-state index in [-0.39, 0.29) is 5.91 Å². The lowest BCUT2D eigenvalue weighted by Gasteiger charge is -2.21. The number of benzene rings is 3. The van der Waals surface area contributed by atoms with Crippen LogP contribution in [0.25, 0.3) is 20.8 Å². The molecule has 0 saturated heterocycles. The summed E-state index contributed by atoms with van der Waals surface area (Å²) in [5, 5.41) is 3.98. The molecule has 33 heavy (non-hydrogen) atoms. The van der Waals surface area contributed by atoms with Gasteiger partial charge in [-0.15, -0.1) is 11.3 Å². The van der Waals surface area contributed by atoms with Gasteiger partial charge in [0.2, 0.25) is 0 Å². The molecule has 1 amide bonds. The summed E-state index contributed by atoms with van der Waals surface area (Å²) >= 11 is 1.68. The van der Waals surface area contributed by atoms with E-state index in [1.807, 2.05) is 49.4 Å². The summed E-state index contributed by atoms with van der Waals surface area (Å²) in [6, 6.07) is 22.1. The monoisotopic (exact) mass is 458 g/mol. The Morgan fingerprint density at radius 3 is 2.52 bits per heavy atom. The van der Waals surface area contributed by atoms with Gasteiger partial charge in [-0.05, 0) is 79.3 Å². The maximum Gasteiger partial charge on any atom is 0.265 e. The Bertz CT molecular complexity index is 1250. The summed E-state index contributed by atoms with van der Waals surface area (Å²) in [5.74, 6) is 1.02. The van der Waals surface area contributed by atoms with Crippen molar-refractivity contribution in [1.29, 1.82) is 0 Å². The van der Waals surface area contributed by atoms with E-state index in [1.165, 1.54) is 10.3 Å². The van der Waals surface area contributed by atoms with Crippen molar-refractivity contribution >= 4 is 33.1 Å². The summed E-state index contributed by atoms with van der Waals surface area (Å²) in [5.41, 5.74) is 5.17. The zero-order chi connectivity index (χ0) is 23.4. The second-order valence-corrected chi connectivity index (χ2v) is 9.45. The summed E-state index contributed by atoms with van der Waals surface area (Å²) in [7, 11) is 0. The first-order valence-electron chi connectivity index (χ1n) is 11.5. The van der Waals surface area contributed by atoms with Crippen molar-refractivity contribution in [2.24, 2.45) is 0 Å². The summed E-state index contributed by atoms with van der Waals surface area (Å²) in [6.07, 6.45) is 1.05. The number of nitrogens with zero attached hydrogens (tertiary/aromatic N) is 1. The van der Waals surface area contributed by atoms with Gasteiger partial charge in [-0.3, -0.25) is 4.79 Å². The number of carbonyl (C=O) groups excluding carboxylic acids is 1. The van der Waals surface area contributed by atoms with E-state index in [1.54, 1.807) is 11.3 Å². The van der Waals surface area contributed by atoms with E-state index in [0.717, 1.165) is 39.5 Å². The molecule has 2 atom stereocenters. The lowest BCUT2D eigenvalue weighted by molar-refractivity contribution is -0.122. The topological polar surface area (TPSA) is 51.2 Å². The van der Waals surface area contributed by atoms with Crippen molar-refractivity contribution in [1.82, 2.24) is 4.98 Å².